The zero-order chi connectivity index (χ0) is 22.5. The molecule has 4 aromatic rings. The van der Waals surface area contributed by atoms with Crippen molar-refractivity contribution in [1.29, 1.82) is 0 Å². The van der Waals surface area contributed by atoms with E-state index < -0.39 is 12.1 Å². The number of nitrogens with one attached hydrogen (secondary N) is 2. The van der Waals surface area contributed by atoms with Crippen LogP contribution in [0.3, 0.4) is 0 Å². The molecule has 162 valence electrons. The number of benzene rings is 3. The third kappa shape index (κ3) is 4.95. The maximum absolute atomic E-state index is 13.9. The molecule has 0 spiro atoms. The molecule has 0 aliphatic rings. The number of nitrogens with zero attached hydrogens (tertiary/aromatic N) is 2. The van der Waals surface area contributed by atoms with E-state index in [-0.39, 0.29) is 5.82 Å². The van der Waals surface area contributed by atoms with Crippen LogP contribution in [0.2, 0.25) is 0 Å². The first-order valence-electron chi connectivity index (χ1n) is 10.1. The Labute approximate surface area is 185 Å². The zero-order valence-corrected chi connectivity index (χ0v) is 17.7. The Morgan fingerprint density at radius 2 is 1.88 bits per heavy atom. The summed E-state index contributed by atoms with van der Waals surface area (Å²) in [4.78, 5) is 17.3. The highest BCUT2D eigenvalue weighted by molar-refractivity contribution is 5.91. The molecule has 0 aliphatic heterocycles. The number of carbonyl (C=O) groups is 1. The van der Waals surface area contributed by atoms with Crippen molar-refractivity contribution in [3.8, 4) is 11.5 Å². The average molecular weight is 430 g/mol. The summed E-state index contributed by atoms with van der Waals surface area (Å²) in [6.07, 6.45) is 3.40. The topological polar surface area (TPSA) is 68.2 Å². The molecule has 1 aromatic heterocycles. The van der Waals surface area contributed by atoms with Gasteiger partial charge in [0.25, 0.3) is 0 Å². The second-order valence-electron chi connectivity index (χ2n) is 7.40. The lowest BCUT2D eigenvalue weighted by Gasteiger charge is -2.20. The van der Waals surface area contributed by atoms with Crippen molar-refractivity contribution < 1.29 is 13.9 Å². The van der Waals surface area contributed by atoms with E-state index in [4.69, 9.17) is 4.74 Å². The van der Waals surface area contributed by atoms with Crippen LogP contribution in [0.1, 0.15) is 23.0 Å². The second-order valence-corrected chi connectivity index (χ2v) is 7.40. The average Bonchev–Trinajstić information content (AvgIpc) is 3.19. The van der Waals surface area contributed by atoms with Crippen molar-refractivity contribution in [3.63, 3.8) is 0 Å². The molecular formula is C25H23FN4O2. The summed E-state index contributed by atoms with van der Waals surface area (Å²) in [7, 11) is 1.82. The number of anilines is 1. The number of hydrogen-bond acceptors (Lipinski definition) is 3. The molecule has 3 aromatic carbocycles. The van der Waals surface area contributed by atoms with Crippen LogP contribution < -0.4 is 15.4 Å². The van der Waals surface area contributed by atoms with E-state index in [9.17, 15) is 9.18 Å². The Balaban J connectivity index is 1.56. The van der Waals surface area contributed by atoms with Gasteiger partial charge in [-0.05, 0) is 54.4 Å². The Morgan fingerprint density at radius 1 is 1.06 bits per heavy atom. The van der Waals surface area contributed by atoms with Crippen LogP contribution >= 0.6 is 0 Å². The van der Waals surface area contributed by atoms with Gasteiger partial charge in [0.05, 0.1) is 5.69 Å². The van der Waals surface area contributed by atoms with Gasteiger partial charge in [-0.25, -0.2) is 14.2 Å². The molecule has 2 amide bonds. The molecule has 1 heterocycles. The molecule has 1 atom stereocenters. The van der Waals surface area contributed by atoms with Crippen LogP contribution in [0.4, 0.5) is 14.9 Å². The van der Waals surface area contributed by atoms with Crippen LogP contribution in [0, 0.1) is 12.7 Å². The van der Waals surface area contributed by atoms with Gasteiger partial charge in [0.1, 0.15) is 23.4 Å². The normalized spacial score (nSPS) is 11.6. The summed E-state index contributed by atoms with van der Waals surface area (Å²) in [6.45, 7) is 1.98. The van der Waals surface area contributed by atoms with E-state index in [1.54, 1.807) is 41.2 Å². The highest BCUT2D eigenvalue weighted by Gasteiger charge is 2.22. The maximum Gasteiger partial charge on any atom is 0.320 e. The fraction of sp³-hybridized carbons (Fsp3) is 0.120. The molecule has 6 nitrogen and oxygen atoms in total. The van der Waals surface area contributed by atoms with Crippen molar-refractivity contribution in [2.75, 3.05) is 5.32 Å². The largest absolute Gasteiger partial charge is 0.455 e. The number of aryl methyl sites for hydroxylation is 2. The standard InChI is InChI=1S/C25H23FN4O2/c1-17-7-5-10-20(15-17)32-22-12-4-3-11-21(22)28-25(31)29-23(24-27-13-14-30(24)2)18-8-6-9-19(26)16-18/h3-16,23H,1-2H3,(H2,28,29,31). The fourth-order valence-corrected chi connectivity index (χ4v) is 3.39. The van der Waals surface area contributed by atoms with Gasteiger partial charge in [-0.15, -0.1) is 0 Å². The molecule has 0 bridgehead atoms. The highest BCUT2D eigenvalue weighted by Crippen LogP contribution is 2.30. The van der Waals surface area contributed by atoms with Crippen LogP contribution in [0.5, 0.6) is 11.5 Å². The summed E-state index contributed by atoms with van der Waals surface area (Å²) in [5.41, 5.74) is 2.15. The van der Waals surface area contributed by atoms with E-state index in [0.29, 0.717) is 28.6 Å². The van der Waals surface area contributed by atoms with Gasteiger partial charge in [0, 0.05) is 19.4 Å². The number of aromatic nitrogens is 2. The number of hydrogen-bond donors (Lipinski definition) is 2. The number of imidazole rings is 1. The molecule has 0 saturated heterocycles. The number of para-hydroxylation sites is 2. The first-order valence-corrected chi connectivity index (χ1v) is 10.1. The van der Waals surface area contributed by atoms with E-state index >= 15 is 0 Å². The predicted octanol–water partition coefficient (Wildman–Crippen LogP) is 5.57. The number of urea groups is 1. The van der Waals surface area contributed by atoms with Gasteiger partial charge < -0.3 is 19.9 Å². The summed E-state index contributed by atoms with van der Waals surface area (Å²) in [5.74, 6) is 1.37. The Hall–Kier alpha value is -4.13. The van der Waals surface area contributed by atoms with Gasteiger partial charge in [0.2, 0.25) is 0 Å². The number of halogens is 1. The summed E-state index contributed by atoms with van der Waals surface area (Å²) in [6, 6.07) is 19.8. The smallest absolute Gasteiger partial charge is 0.320 e. The Bertz CT molecular complexity index is 1240. The zero-order valence-electron chi connectivity index (χ0n) is 17.7. The lowest BCUT2D eigenvalue weighted by atomic mass is 10.1. The molecule has 0 saturated carbocycles. The minimum atomic E-state index is -0.643. The van der Waals surface area contributed by atoms with Gasteiger partial charge in [-0.2, -0.15) is 0 Å². The molecular weight excluding hydrogens is 407 g/mol. The second kappa shape index (κ2) is 9.34. The number of amides is 2. The first-order chi connectivity index (χ1) is 15.5. The van der Waals surface area contributed by atoms with E-state index in [2.05, 4.69) is 15.6 Å². The van der Waals surface area contributed by atoms with Crippen molar-refractivity contribution in [3.05, 3.63) is 108 Å². The summed E-state index contributed by atoms with van der Waals surface area (Å²) >= 11 is 0. The Morgan fingerprint density at radius 3 is 2.62 bits per heavy atom. The Kier molecular flexibility index (Phi) is 6.17. The van der Waals surface area contributed by atoms with Crippen molar-refractivity contribution in [1.82, 2.24) is 14.9 Å². The molecule has 0 fully saturated rings. The van der Waals surface area contributed by atoms with Crippen molar-refractivity contribution in [2.24, 2.45) is 7.05 Å². The molecule has 0 radical (unpaired) electrons. The van der Waals surface area contributed by atoms with Crippen LogP contribution in [-0.4, -0.2) is 15.6 Å². The van der Waals surface area contributed by atoms with Gasteiger partial charge in [-0.3, -0.25) is 0 Å². The fourth-order valence-electron chi connectivity index (χ4n) is 3.39. The molecule has 32 heavy (non-hydrogen) atoms. The van der Waals surface area contributed by atoms with Gasteiger partial charge >= 0.3 is 6.03 Å². The van der Waals surface area contributed by atoms with Gasteiger partial charge in [-0.1, -0.05) is 36.4 Å². The minimum Gasteiger partial charge on any atom is -0.455 e. The first kappa shape index (κ1) is 21.1. The SMILES string of the molecule is Cc1cccc(Oc2ccccc2NC(=O)NC(c2cccc(F)c2)c2nccn2C)c1. The number of ether oxygens (including phenoxy) is 1. The van der Waals surface area contributed by atoms with Gasteiger partial charge in [0.15, 0.2) is 5.75 Å². The monoisotopic (exact) mass is 430 g/mol. The predicted molar refractivity (Wildman–Crippen MR) is 121 cm³/mol. The molecule has 4 rings (SSSR count). The van der Waals surface area contributed by atoms with Crippen molar-refractivity contribution >= 4 is 11.7 Å². The van der Waals surface area contributed by atoms with E-state index in [1.807, 2.05) is 50.4 Å². The summed E-state index contributed by atoms with van der Waals surface area (Å²) in [5, 5.41) is 5.73. The van der Waals surface area contributed by atoms with Crippen molar-refractivity contribution in [2.45, 2.75) is 13.0 Å². The highest BCUT2D eigenvalue weighted by atomic mass is 19.1. The molecule has 1 unspecified atom stereocenters. The van der Waals surface area contributed by atoms with E-state index in [0.717, 1.165) is 5.56 Å². The number of rotatable bonds is 6. The maximum atomic E-state index is 13.9. The van der Waals surface area contributed by atoms with Crippen LogP contribution in [-0.2, 0) is 7.05 Å². The lowest BCUT2D eigenvalue weighted by molar-refractivity contribution is 0.249. The van der Waals surface area contributed by atoms with Crippen LogP contribution in [0.15, 0.2) is 85.2 Å². The molecule has 7 heteroatoms. The summed E-state index contributed by atoms with van der Waals surface area (Å²) < 4.78 is 21.6. The third-order valence-electron chi connectivity index (χ3n) is 4.93. The molecule has 2 N–H and O–H groups in total. The lowest BCUT2D eigenvalue weighted by Crippen LogP contribution is -2.34. The molecule has 0 aliphatic carbocycles. The third-order valence-corrected chi connectivity index (χ3v) is 4.93. The minimum absolute atomic E-state index is 0.388. The van der Waals surface area contributed by atoms with Crippen LogP contribution in [0.25, 0.3) is 0 Å². The van der Waals surface area contributed by atoms with E-state index in [1.165, 1.54) is 12.1 Å². The number of carbonyl (C=O) groups excluding carboxylic acids is 1. The quantitative estimate of drug-likeness (QED) is 0.420.